The molecule has 1 aromatic heterocycles. The van der Waals surface area contributed by atoms with Crippen LogP contribution in [0.2, 0.25) is 5.02 Å². The lowest BCUT2D eigenvalue weighted by Crippen LogP contribution is -2.02. The molecule has 4 rings (SSSR count). The number of aryl methyl sites for hydroxylation is 1. The van der Waals surface area contributed by atoms with Gasteiger partial charge in [0.1, 0.15) is 5.82 Å². The Morgan fingerprint density at radius 1 is 0.875 bits per heavy atom. The fourth-order valence-electron chi connectivity index (χ4n) is 3.07. The van der Waals surface area contributed by atoms with E-state index in [0.29, 0.717) is 0 Å². The van der Waals surface area contributed by atoms with Crippen LogP contribution >= 0.6 is 11.6 Å². The fourth-order valence-corrected chi connectivity index (χ4v) is 3.20. The third-order valence-corrected chi connectivity index (χ3v) is 4.54. The lowest BCUT2D eigenvalue weighted by Gasteiger charge is -2.09. The number of benzene rings is 3. The summed E-state index contributed by atoms with van der Waals surface area (Å²) >= 11 is 5.99. The van der Waals surface area contributed by atoms with Crippen molar-refractivity contribution in [3.05, 3.63) is 89.2 Å². The van der Waals surface area contributed by atoms with Gasteiger partial charge >= 0.3 is 0 Å². The zero-order chi connectivity index (χ0) is 16.5. The van der Waals surface area contributed by atoms with Crippen LogP contribution in [-0.4, -0.2) is 9.55 Å². The molecule has 2 nitrogen and oxygen atoms in total. The molecule has 0 N–H and O–H groups in total. The zero-order valence-corrected chi connectivity index (χ0v) is 14.2. The lowest BCUT2D eigenvalue weighted by atomic mass is 10.0. The van der Waals surface area contributed by atoms with Crippen molar-refractivity contribution < 1.29 is 0 Å². The molecule has 1 heterocycles. The first kappa shape index (κ1) is 15.0. The summed E-state index contributed by atoms with van der Waals surface area (Å²) in [4.78, 5) is 4.65. The second-order valence-corrected chi connectivity index (χ2v) is 6.38. The maximum atomic E-state index is 5.99. The van der Waals surface area contributed by atoms with Gasteiger partial charge in [0.15, 0.2) is 0 Å². The first-order valence-electron chi connectivity index (χ1n) is 7.97. The quantitative estimate of drug-likeness (QED) is 0.469. The van der Waals surface area contributed by atoms with Crippen LogP contribution in [0, 0.1) is 6.92 Å². The second-order valence-electron chi connectivity index (χ2n) is 5.94. The second kappa shape index (κ2) is 6.14. The first-order chi connectivity index (χ1) is 11.7. The first-order valence-corrected chi connectivity index (χ1v) is 8.35. The molecule has 0 bridgehead atoms. The number of hydrogen-bond acceptors (Lipinski definition) is 1. The Morgan fingerprint density at radius 2 is 1.67 bits per heavy atom. The van der Waals surface area contributed by atoms with Crippen molar-refractivity contribution in [1.82, 2.24) is 9.55 Å². The SMILES string of the molecule is Cc1nc2ccccc2n1Cc1cccc(-c2ccc(Cl)cc2)c1. The summed E-state index contributed by atoms with van der Waals surface area (Å²) in [6.07, 6.45) is 0. The molecule has 0 aliphatic rings. The maximum Gasteiger partial charge on any atom is 0.107 e. The Bertz CT molecular complexity index is 1000. The maximum absolute atomic E-state index is 5.99. The molecule has 0 spiro atoms. The van der Waals surface area contributed by atoms with Crippen molar-refractivity contribution in [2.75, 3.05) is 0 Å². The molecule has 3 aromatic carbocycles. The summed E-state index contributed by atoms with van der Waals surface area (Å²) in [5, 5.41) is 0.760. The van der Waals surface area contributed by atoms with Crippen LogP contribution in [-0.2, 0) is 6.54 Å². The topological polar surface area (TPSA) is 17.8 Å². The van der Waals surface area contributed by atoms with Crippen LogP contribution in [0.3, 0.4) is 0 Å². The van der Waals surface area contributed by atoms with Crippen molar-refractivity contribution in [3.8, 4) is 11.1 Å². The molecule has 3 heteroatoms. The summed E-state index contributed by atoms with van der Waals surface area (Å²) in [6.45, 7) is 2.87. The molecule has 0 unspecified atom stereocenters. The number of para-hydroxylation sites is 2. The van der Waals surface area contributed by atoms with E-state index in [-0.39, 0.29) is 0 Å². The summed E-state index contributed by atoms with van der Waals surface area (Å²) < 4.78 is 2.26. The van der Waals surface area contributed by atoms with E-state index in [9.17, 15) is 0 Å². The normalized spacial score (nSPS) is 11.1. The highest BCUT2D eigenvalue weighted by Crippen LogP contribution is 2.24. The van der Waals surface area contributed by atoms with Gasteiger partial charge in [-0.05, 0) is 53.9 Å². The van der Waals surface area contributed by atoms with Crippen LogP contribution in [0.15, 0.2) is 72.8 Å². The highest BCUT2D eigenvalue weighted by molar-refractivity contribution is 6.30. The highest BCUT2D eigenvalue weighted by atomic mass is 35.5. The minimum Gasteiger partial charge on any atom is -0.324 e. The number of aromatic nitrogens is 2. The van der Waals surface area contributed by atoms with E-state index in [2.05, 4.69) is 71.1 Å². The molecule has 0 radical (unpaired) electrons. The molecule has 4 aromatic rings. The summed E-state index contributed by atoms with van der Waals surface area (Å²) in [6, 6.07) is 24.9. The van der Waals surface area contributed by atoms with Gasteiger partial charge < -0.3 is 4.57 Å². The van der Waals surface area contributed by atoms with E-state index in [1.807, 2.05) is 18.2 Å². The van der Waals surface area contributed by atoms with E-state index >= 15 is 0 Å². The standard InChI is InChI=1S/C21H17ClN2/c1-15-23-20-7-2-3-8-21(20)24(15)14-16-5-4-6-18(13-16)17-9-11-19(22)12-10-17/h2-13H,14H2,1H3. The average Bonchev–Trinajstić information content (AvgIpc) is 2.92. The van der Waals surface area contributed by atoms with Gasteiger partial charge in [-0.3, -0.25) is 0 Å². The van der Waals surface area contributed by atoms with Crippen LogP contribution in [0.25, 0.3) is 22.2 Å². The zero-order valence-electron chi connectivity index (χ0n) is 13.4. The average molecular weight is 333 g/mol. The number of hydrogen-bond donors (Lipinski definition) is 0. The molecule has 0 aliphatic heterocycles. The predicted octanol–water partition coefficient (Wildman–Crippen LogP) is 5.71. The van der Waals surface area contributed by atoms with Gasteiger partial charge in [0.25, 0.3) is 0 Å². The van der Waals surface area contributed by atoms with Gasteiger partial charge in [-0.1, -0.05) is 54.1 Å². The molecule has 0 atom stereocenters. The Labute approximate surface area is 146 Å². The fraction of sp³-hybridized carbons (Fsp3) is 0.0952. The lowest BCUT2D eigenvalue weighted by molar-refractivity contribution is 0.786. The Kier molecular flexibility index (Phi) is 3.83. The molecular formula is C21H17ClN2. The monoisotopic (exact) mass is 332 g/mol. The molecule has 0 amide bonds. The Hall–Kier alpha value is -2.58. The van der Waals surface area contributed by atoms with Gasteiger partial charge in [-0.2, -0.15) is 0 Å². The van der Waals surface area contributed by atoms with Gasteiger partial charge in [0.05, 0.1) is 11.0 Å². The van der Waals surface area contributed by atoms with Gasteiger partial charge in [0.2, 0.25) is 0 Å². The van der Waals surface area contributed by atoms with E-state index in [0.717, 1.165) is 22.9 Å². The molecule has 0 saturated carbocycles. The van der Waals surface area contributed by atoms with Crippen LogP contribution < -0.4 is 0 Å². The van der Waals surface area contributed by atoms with Crippen molar-refractivity contribution in [2.24, 2.45) is 0 Å². The van der Waals surface area contributed by atoms with Crippen molar-refractivity contribution >= 4 is 22.6 Å². The number of halogens is 1. The van der Waals surface area contributed by atoms with E-state index in [1.165, 1.54) is 22.2 Å². The van der Waals surface area contributed by atoms with Gasteiger partial charge in [-0.25, -0.2) is 4.98 Å². The van der Waals surface area contributed by atoms with Crippen molar-refractivity contribution in [1.29, 1.82) is 0 Å². The number of nitrogens with zero attached hydrogens (tertiary/aromatic N) is 2. The summed E-state index contributed by atoms with van der Waals surface area (Å²) in [7, 11) is 0. The van der Waals surface area contributed by atoms with Gasteiger partial charge in [-0.15, -0.1) is 0 Å². The van der Waals surface area contributed by atoms with Gasteiger partial charge in [0, 0.05) is 11.6 Å². The molecule has 24 heavy (non-hydrogen) atoms. The van der Waals surface area contributed by atoms with E-state index in [1.54, 1.807) is 0 Å². The summed E-state index contributed by atoms with van der Waals surface area (Å²) in [5.41, 5.74) is 5.85. The Morgan fingerprint density at radius 3 is 2.50 bits per heavy atom. The smallest absolute Gasteiger partial charge is 0.107 e. The molecule has 0 aliphatic carbocycles. The molecule has 118 valence electrons. The molecule has 0 saturated heterocycles. The molecular weight excluding hydrogens is 316 g/mol. The number of rotatable bonds is 3. The summed E-state index contributed by atoms with van der Waals surface area (Å²) in [5.74, 6) is 1.04. The van der Waals surface area contributed by atoms with Crippen molar-refractivity contribution in [2.45, 2.75) is 13.5 Å². The van der Waals surface area contributed by atoms with E-state index in [4.69, 9.17) is 11.6 Å². The highest BCUT2D eigenvalue weighted by Gasteiger charge is 2.08. The third kappa shape index (κ3) is 2.81. The largest absolute Gasteiger partial charge is 0.324 e. The van der Waals surface area contributed by atoms with Crippen LogP contribution in [0.5, 0.6) is 0 Å². The van der Waals surface area contributed by atoms with Crippen molar-refractivity contribution in [3.63, 3.8) is 0 Å². The Balaban J connectivity index is 1.71. The number of fused-ring (bicyclic) bond motifs is 1. The van der Waals surface area contributed by atoms with Crippen LogP contribution in [0.1, 0.15) is 11.4 Å². The molecule has 0 fully saturated rings. The number of imidazole rings is 1. The minimum atomic E-state index is 0.760. The van der Waals surface area contributed by atoms with Crippen LogP contribution in [0.4, 0.5) is 0 Å². The third-order valence-electron chi connectivity index (χ3n) is 4.29. The predicted molar refractivity (Wildman–Crippen MR) is 100 cm³/mol. The van der Waals surface area contributed by atoms with E-state index < -0.39 is 0 Å². The minimum absolute atomic E-state index is 0.760.